The first kappa shape index (κ1) is 25.6. The predicted octanol–water partition coefficient (Wildman–Crippen LogP) is 4.58. The number of carbonyl (C=O) groups is 1. The summed E-state index contributed by atoms with van der Waals surface area (Å²) in [4.78, 5) is 24.9. The molecular formula is C22H20ClF3N6O3. The average molecular weight is 509 g/mol. The number of halogens is 4. The van der Waals surface area contributed by atoms with E-state index in [0.29, 0.717) is 45.7 Å². The van der Waals surface area contributed by atoms with Crippen molar-refractivity contribution in [3.63, 3.8) is 0 Å². The minimum Gasteiger partial charge on any atom is -0.481 e. The SMILES string of the molecule is COc1cc(OC)nc(-c2ccn3c(-c4cccc(NC(=O)NCC(F)(F)F)c4)cnc3c2)n1.Cl. The minimum atomic E-state index is -4.49. The molecule has 0 saturated heterocycles. The molecule has 3 heterocycles. The molecule has 1 aromatic carbocycles. The first-order chi connectivity index (χ1) is 16.3. The summed E-state index contributed by atoms with van der Waals surface area (Å²) in [6.07, 6.45) is -1.05. The number of pyridine rings is 1. The number of nitrogens with one attached hydrogen (secondary N) is 2. The molecule has 2 amide bonds. The molecule has 0 atom stereocenters. The smallest absolute Gasteiger partial charge is 0.405 e. The van der Waals surface area contributed by atoms with Gasteiger partial charge in [-0.05, 0) is 24.3 Å². The number of alkyl halides is 3. The van der Waals surface area contributed by atoms with Crippen LogP contribution in [0.25, 0.3) is 28.3 Å². The highest BCUT2D eigenvalue weighted by Gasteiger charge is 2.27. The molecule has 9 nitrogen and oxygen atoms in total. The maximum Gasteiger partial charge on any atom is 0.405 e. The van der Waals surface area contributed by atoms with Crippen LogP contribution in [0.1, 0.15) is 0 Å². The molecule has 0 aliphatic carbocycles. The topological polar surface area (TPSA) is 103 Å². The molecule has 0 spiro atoms. The summed E-state index contributed by atoms with van der Waals surface area (Å²) in [7, 11) is 3.00. The fourth-order valence-corrected chi connectivity index (χ4v) is 3.19. The fourth-order valence-electron chi connectivity index (χ4n) is 3.19. The third-order valence-electron chi connectivity index (χ3n) is 4.73. The Bertz CT molecular complexity index is 1320. The molecule has 3 aromatic heterocycles. The Labute approximate surface area is 203 Å². The maximum absolute atomic E-state index is 12.3. The monoisotopic (exact) mass is 508 g/mol. The van der Waals surface area contributed by atoms with Gasteiger partial charge in [-0.15, -0.1) is 12.4 Å². The first-order valence-electron chi connectivity index (χ1n) is 9.92. The van der Waals surface area contributed by atoms with E-state index in [9.17, 15) is 18.0 Å². The van der Waals surface area contributed by atoms with Gasteiger partial charge in [-0.2, -0.15) is 23.1 Å². The van der Waals surface area contributed by atoms with E-state index in [-0.39, 0.29) is 12.4 Å². The van der Waals surface area contributed by atoms with E-state index in [1.165, 1.54) is 14.2 Å². The van der Waals surface area contributed by atoms with Gasteiger partial charge in [0.05, 0.1) is 32.2 Å². The Morgan fingerprint density at radius 1 is 1.03 bits per heavy atom. The Morgan fingerprint density at radius 3 is 2.40 bits per heavy atom. The van der Waals surface area contributed by atoms with Crippen molar-refractivity contribution in [2.24, 2.45) is 0 Å². The van der Waals surface area contributed by atoms with Gasteiger partial charge < -0.3 is 20.1 Å². The number of benzene rings is 1. The molecule has 0 saturated carbocycles. The van der Waals surface area contributed by atoms with Gasteiger partial charge in [0, 0.05) is 23.0 Å². The number of rotatable bonds is 6. The quantitative estimate of drug-likeness (QED) is 0.395. The molecule has 4 aromatic rings. The zero-order valence-electron chi connectivity index (χ0n) is 18.5. The number of amides is 2. The maximum atomic E-state index is 12.3. The third-order valence-corrected chi connectivity index (χ3v) is 4.73. The van der Waals surface area contributed by atoms with Gasteiger partial charge in [-0.1, -0.05) is 12.1 Å². The largest absolute Gasteiger partial charge is 0.481 e. The highest BCUT2D eigenvalue weighted by molar-refractivity contribution is 5.90. The van der Waals surface area contributed by atoms with Crippen LogP contribution < -0.4 is 20.1 Å². The van der Waals surface area contributed by atoms with Crippen molar-refractivity contribution in [1.82, 2.24) is 24.7 Å². The number of fused-ring (bicyclic) bond motifs is 1. The number of anilines is 1. The standard InChI is InChI=1S/C22H19F3N6O3.ClH/c1-33-18-10-19(34-2)30-20(29-18)14-6-7-31-16(11-26-17(31)9-14)13-4-3-5-15(8-13)28-21(32)27-12-22(23,24)25;/h3-11H,12H2,1-2H3,(H2,27,28,32);1H. The molecule has 35 heavy (non-hydrogen) atoms. The van der Waals surface area contributed by atoms with Crippen LogP contribution in [0.3, 0.4) is 0 Å². The normalized spacial score (nSPS) is 11.0. The van der Waals surface area contributed by atoms with Gasteiger partial charge in [0.1, 0.15) is 12.2 Å². The summed E-state index contributed by atoms with van der Waals surface area (Å²) < 4.78 is 49.1. The second-order valence-electron chi connectivity index (χ2n) is 7.07. The van der Waals surface area contributed by atoms with E-state index in [2.05, 4.69) is 20.3 Å². The Morgan fingerprint density at radius 2 is 1.74 bits per heavy atom. The summed E-state index contributed by atoms with van der Waals surface area (Å²) in [6.45, 7) is -1.42. The molecule has 13 heteroatoms. The van der Waals surface area contributed by atoms with E-state index < -0.39 is 18.8 Å². The highest BCUT2D eigenvalue weighted by atomic mass is 35.5. The Kier molecular flexibility index (Phi) is 7.65. The van der Waals surface area contributed by atoms with E-state index in [1.54, 1.807) is 60.2 Å². The highest BCUT2D eigenvalue weighted by Crippen LogP contribution is 2.27. The molecule has 0 unspecified atom stereocenters. The molecule has 4 rings (SSSR count). The molecule has 0 radical (unpaired) electrons. The molecule has 0 fully saturated rings. The van der Waals surface area contributed by atoms with Crippen molar-refractivity contribution >= 4 is 29.8 Å². The number of hydrogen-bond donors (Lipinski definition) is 2. The van der Waals surface area contributed by atoms with Crippen molar-refractivity contribution in [3.8, 4) is 34.4 Å². The van der Waals surface area contributed by atoms with Crippen molar-refractivity contribution in [2.75, 3.05) is 26.1 Å². The van der Waals surface area contributed by atoms with Gasteiger partial charge in [-0.3, -0.25) is 4.40 Å². The molecule has 0 bridgehead atoms. The van der Waals surface area contributed by atoms with Crippen molar-refractivity contribution in [3.05, 3.63) is 54.9 Å². The number of imidazole rings is 1. The minimum absolute atomic E-state index is 0. The number of hydrogen-bond acceptors (Lipinski definition) is 6. The lowest BCUT2D eigenvalue weighted by Gasteiger charge is -2.11. The lowest BCUT2D eigenvalue weighted by Crippen LogP contribution is -2.36. The number of nitrogens with zero attached hydrogens (tertiary/aromatic N) is 4. The summed E-state index contributed by atoms with van der Waals surface area (Å²) in [5, 5.41) is 4.17. The van der Waals surface area contributed by atoms with Crippen molar-refractivity contribution < 1.29 is 27.4 Å². The van der Waals surface area contributed by atoms with Gasteiger partial charge >= 0.3 is 12.2 Å². The third kappa shape index (κ3) is 6.09. The first-order valence-corrected chi connectivity index (χ1v) is 9.92. The van der Waals surface area contributed by atoms with Crippen LogP contribution in [-0.2, 0) is 0 Å². The molecule has 0 aliphatic rings. The second-order valence-corrected chi connectivity index (χ2v) is 7.07. The van der Waals surface area contributed by atoms with E-state index in [0.717, 1.165) is 0 Å². The number of methoxy groups -OCH3 is 2. The van der Waals surface area contributed by atoms with Gasteiger partial charge in [0.15, 0.2) is 5.82 Å². The van der Waals surface area contributed by atoms with E-state index >= 15 is 0 Å². The van der Waals surface area contributed by atoms with Crippen LogP contribution in [0, 0.1) is 0 Å². The summed E-state index contributed by atoms with van der Waals surface area (Å²) >= 11 is 0. The van der Waals surface area contributed by atoms with Crippen LogP contribution >= 0.6 is 12.4 Å². The van der Waals surface area contributed by atoms with Crippen molar-refractivity contribution in [1.29, 1.82) is 0 Å². The number of carbonyl (C=O) groups excluding carboxylic acids is 1. The van der Waals surface area contributed by atoms with Crippen LogP contribution in [-0.4, -0.2) is 52.3 Å². The van der Waals surface area contributed by atoms with Crippen LogP contribution in [0.4, 0.5) is 23.7 Å². The van der Waals surface area contributed by atoms with Crippen LogP contribution in [0.5, 0.6) is 11.8 Å². The Balaban J connectivity index is 0.00000342. The Hall–Kier alpha value is -4.06. The molecular weight excluding hydrogens is 489 g/mol. The van der Waals surface area contributed by atoms with Crippen LogP contribution in [0.2, 0.25) is 0 Å². The zero-order valence-corrected chi connectivity index (χ0v) is 19.3. The average Bonchev–Trinajstić information content (AvgIpc) is 3.25. The van der Waals surface area contributed by atoms with E-state index in [4.69, 9.17) is 9.47 Å². The lowest BCUT2D eigenvalue weighted by atomic mass is 10.1. The second kappa shape index (κ2) is 10.5. The zero-order chi connectivity index (χ0) is 24.3. The van der Waals surface area contributed by atoms with E-state index in [1.807, 2.05) is 4.40 Å². The number of ether oxygens (including phenoxy) is 2. The van der Waals surface area contributed by atoms with Gasteiger partial charge in [0.2, 0.25) is 11.8 Å². The van der Waals surface area contributed by atoms with Crippen LogP contribution in [0.15, 0.2) is 54.9 Å². The number of aromatic nitrogens is 4. The fraction of sp³-hybridized carbons (Fsp3) is 0.182. The van der Waals surface area contributed by atoms with Gasteiger partial charge in [-0.25, -0.2) is 9.78 Å². The summed E-state index contributed by atoms with van der Waals surface area (Å²) in [5.41, 5.74) is 3.05. The molecule has 184 valence electrons. The summed E-state index contributed by atoms with van der Waals surface area (Å²) in [6, 6.07) is 10.9. The summed E-state index contributed by atoms with van der Waals surface area (Å²) in [5.74, 6) is 1.11. The number of urea groups is 1. The predicted molar refractivity (Wildman–Crippen MR) is 125 cm³/mol. The van der Waals surface area contributed by atoms with Gasteiger partial charge in [0.25, 0.3) is 0 Å². The van der Waals surface area contributed by atoms with Crippen molar-refractivity contribution in [2.45, 2.75) is 6.18 Å². The lowest BCUT2D eigenvalue weighted by molar-refractivity contribution is -0.122. The molecule has 0 aliphatic heterocycles. The molecule has 2 N–H and O–H groups in total.